The van der Waals surface area contributed by atoms with Crippen LogP contribution in [0.15, 0.2) is 28.8 Å². The summed E-state index contributed by atoms with van der Waals surface area (Å²) < 4.78 is 5.30. The third kappa shape index (κ3) is 2.42. The topological polar surface area (TPSA) is 93.6 Å². The summed E-state index contributed by atoms with van der Waals surface area (Å²) in [5.74, 6) is 2.12. The minimum absolute atomic E-state index is 0.136. The number of nitrogens with one attached hydrogen (secondary N) is 1. The number of H-pyrrole nitrogens is 1. The summed E-state index contributed by atoms with van der Waals surface area (Å²) in [5.41, 5.74) is 8.04. The Morgan fingerprint density at radius 2 is 2.10 bits per heavy atom. The van der Waals surface area contributed by atoms with Crippen molar-refractivity contribution in [3.8, 4) is 0 Å². The van der Waals surface area contributed by atoms with Crippen LogP contribution in [0.1, 0.15) is 36.8 Å². The van der Waals surface area contributed by atoms with Gasteiger partial charge in [-0.3, -0.25) is 0 Å². The first kappa shape index (κ1) is 12.5. The maximum atomic E-state index is 6.20. The highest BCUT2D eigenvalue weighted by Gasteiger charge is 2.34. The molecule has 0 bridgehead atoms. The zero-order valence-electron chi connectivity index (χ0n) is 11.7. The van der Waals surface area contributed by atoms with Crippen LogP contribution in [0.3, 0.4) is 0 Å². The largest absolute Gasteiger partial charge is 0.342 e. The van der Waals surface area contributed by atoms with E-state index in [0.717, 1.165) is 29.7 Å². The molecule has 1 saturated carbocycles. The molecule has 0 saturated heterocycles. The number of hydrogen-bond acceptors (Lipinski definition) is 5. The van der Waals surface area contributed by atoms with E-state index < -0.39 is 0 Å². The van der Waals surface area contributed by atoms with Crippen LogP contribution in [0.25, 0.3) is 11.0 Å². The number of nitrogens with two attached hydrogens (primary N) is 1. The van der Waals surface area contributed by atoms with Crippen LogP contribution in [0.4, 0.5) is 0 Å². The van der Waals surface area contributed by atoms with Crippen molar-refractivity contribution in [1.82, 2.24) is 20.1 Å². The molecule has 0 spiro atoms. The first-order valence-corrected chi connectivity index (χ1v) is 7.24. The summed E-state index contributed by atoms with van der Waals surface area (Å²) >= 11 is 0. The Bertz CT molecular complexity index is 738. The van der Waals surface area contributed by atoms with E-state index in [1.165, 1.54) is 6.42 Å². The predicted octanol–water partition coefficient (Wildman–Crippen LogP) is 1.96. The lowest BCUT2D eigenvalue weighted by Gasteiger charge is -2.36. The van der Waals surface area contributed by atoms with Gasteiger partial charge in [0.2, 0.25) is 5.89 Å². The van der Waals surface area contributed by atoms with Crippen molar-refractivity contribution in [2.24, 2.45) is 5.73 Å². The lowest BCUT2D eigenvalue weighted by Crippen LogP contribution is -2.48. The molecule has 1 aliphatic rings. The average Bonchev–Trinajstić information content (AvgIpc) is 3.03. The Morgan fingerprint density at radius 1 is 1.24 bits per heavy atom. The minimum Gasteiger partial charge on any atom is -0.342 e. The van der Waals surface area contributed by atoms with Gasteiger partial charge >= 0.3 is 0 Å². The van der Waals surface area contributed by atoms with Crippen molar-refractivity contribution < 1.29 is 4.52 Å². The van der Waals surface area contributed by atoms with Crippen LogP contribution in [-0.4, -0.2) is 25.6 Å². The molecule has 108 valence electrons. The molecular weight excluding hydrogens is 266 g/mol. The molecule has 1 fully saturated rings. The van der Waals surface area contributed by atoms with Crippen molar-refractivity contribution in [2.75, 3.05) is 0 Å². The van der Waals surface area contributed by atoms with Crippen LogP contribution in [0, 0.1) is 0 Å². The second-order valence-corrected chi connectivity index (χ2v) is 5.87. The quantitative estimate of drug-likeness (QED) is 0.763. The number of imidazole rings is 1. The molecule has 0 atom stereocenters. The van der Waals surface area contributed by atoms with E-state index >= 15 is 0 Å². The summed E-state index contributed by atoms with van der Waals surface area (Å²) in [4.78, 5) is 12.2. The van der Waals surface area contributed by atoms with E-state index in [2.05, 4.69) is 20.1 Å². The fraction of sp³-hybridized carbons (Fsp3) is 0.400. The van der Waals surface area contributed by atoms with E-state index in [1.54, 1.807) is 0 Å². The molecule has 2 aromatic heterocycles. The smallest absolute Gasteiger partial charge is 0.228 e. The van der Waals surface area contributed by atoms with Gasteiger partial charge in [-0.2, -0.15) is 4.98 Å². The number of para-hydroxylation sites is 2. The molecule has 0 amide bonds. The van der Waals surface area contributed by atoms with Crippen LogP contribution >= 0.6 is 0 Å². The third-order valence-corrected chi connectivity index (χ3v) is 4.13. The summed E-state index contributed by atoms with van der Waals surface area (Å²) in [5, 5.41) is 4.02. The molecule has 0 aliphatic heterocycles. The molecule has 2 heterocycles. The van der Waals surface area contributed by atoms with Gasteiger partial charge in [0, 0.05) is 12.0 Å². The fourth-order valence-electron chi connectivity index (χ4n) is 2.78. The fourth-order valence-corrected chi connectivity index (χ4v) is 2.78. The zero-order chi connectivity index (χ0) is 14.3. The number of nitrogens with zero attached hydrogens (tertiary/aromatic N) is 3. The zero-order valence-corrected chi connectivity index (χ0v) is 11.7. The summed E-state index contributed by atoms with van der Waals surface area (Å²) in [6.45, 7) is 0. The molecule has 21 heavy (non-hydrogen) atoms. The molecule has 4 rings (SSSR count). The number of aromatic nitrogens is 4. The molecule has 6 nitrogen and oxygen atoms in total. The average molecular weight is 283 g/mol. The molecule has 3 N–H and O–H groups in total. The molecule has 0 radical (unpaired) electrons. The minimum atomic E-state index is -0.136. The van der Waals surface area contributed by atoms with Gasteiger partial charge in [0.25, 0.3) is 0 Å². The van der Waals surface area contributed by atoms with Crippen LogP contribution in [-0.2, 0) is 12.8 Å². The van der Waals surface area contributed by atoms with E-state index in [1.807, 2.05) is 24.3 Å². The Morgan fingerprint density at radius 3 is 2.86 bits per heavy atom. The van der Waals surface area contributed by atoms with Crippen molar-refractivity contribution in [2.45, 2.75) is 37.6 Å². The molecule has 3 aromatic rings. The SMILES string of the molecule is NC1(Cc2nc(Cc3nc4ccccc4[nH]3)no2)CCC1. The van der Waals surface area contributed by atoms with E-state index in [-0.39, 0.29) is 5.54 Å². The molecular formula is C15H17N5O. The molecule has 6 heteroatoms. The maximum absolute atomic E-state index is 6.20. The van der Waals surface area contributed by atoms with Gasteiger partial charge < -0.3 is 15.2 Å². The highest BCUT2D eigenvalue weighted by Crippen LogP contribution is 2.31. The lowest BCUT2D eigenvalue weighted by molar-refractivity contribution is 0.221. The normalized spacial score (nSPS) is 17.0. The Balaban J connectivity index is 1.50. The number of fused-ring (bicyclic) bond motifs is 1. The van der Waals surface area contributed by atoms with Crippen LogP contribution in [0.5, 0.6) is 0 Å². The molecule has 0 unspecified atom stereocenters. The third-order valence-electron chi connectivity index (χ3n) is 4.13. The van der Waals surface area contributed by atoms with Crippen molar-refractivity contribution >= 4 is 11.0 Å². The van der Waals surface area contributed by atoms with E-state index in [4.69, 9.17) is 10.3 Å². The Kier molecular flexibility index (Phi) is 2.78. The Hall–Kier alpha value is -2.21. The molecule has 1 aliphatic carbocycles. The van der Waals surface area contributed by atoms with Gasteiger partial charge in [-0.25, -0.2) is 4.98 Å². The van der Waals surface area contributed by atoms with Crippen molar-refractivity contribution in [1.29, 1.82) is 0 Å². The second-order valence-electron chi connectivity index (χ2n) is 5.87. The summed E-state index contributed by atoms with van der Waals surface area (Å²) in [7, 11) is 0. The highest BCUT2D eigenvalue weighted by atomic mass is 16.5. The predicted molar refractivity (Wildman–Crippen MR) is 77.7 cm³/mol. The summed E-state index contributed by atoms with van der Waals surface area (Å²) in [6, 6.07) is 7.93. The standard InChI is InChI=1S/C15H17N5O/c16-15(6-3-7-15)9-14-19-13(20-21-14)8-12-17-10-4-1-2-5-11(10)18-12/h1-2,4-5H,3,6-9,16H2,(H,17,18). The number of rotatable bonds is 4. The van der Waals surface area contributed by atoms with Gasteiger partial charge in [0.05, 0.1) is 17.5 Å². The van der Waals surface area contributed by atoms with Crippen molar-refractivity contribution in [3.63, 3.8) is 0 Å². The van der Waals surface area contributed by atoms with E-state index in [9.17, 15) is 0 Å². The van der Waals surface area contributed by atoms with E-state index in [0.29, 0.717) is 24.6 Å². The van der Waals surface area contributed by atoms with Gasteiger partial charge in [-0.1, -0.05) is 17.3 Å². The van der Waals surface area contributed by atoms with Crippen LogP contribution in [0.2, 0.25) is 0 Å². The van der Waals surface area contributed by atoms with Gasteiger partial charge in [0.15, 0.2) is 5.82 Å². The second kappa shape index (κ2) is 4.66. The van der Waals surface area contributed by atoms with Crippen molar-refractivity contribution in [3.05, 3.63) is 41.8 Å². The number of hydrogen-bond donors (Lipinski definition) is 2. The van der Waals surface area contributed by atoms with Gasteiger partial charge in [-0.05, 0) is 31.4 Å². The highest BCUT2D eigenvalue weighted by molar-refractivity contribution is 5.74. The summed E-state index contributed by atoms with van der Waals surface area (Å²) in [6.07, 6.45) is 4.47. The Labute approximate surface area is 121 Å². The first-order chi connectivity index (χ1) is 10.2. The van der Waals surface area contributed by atoms with Crippen LogP contribution < -0.4 is 5.73 Å². The van der Waals surface area contributed by atoms with Gasteiger partial charge in [-0.15, -0.1) is 0 Å². The maximum Gasteiger partial charge on any atom is 0.228 e. The number of aromatic amines is 1. The number of benzene rings is 1. The first-order valence-electron chi connectivity index (χ1n) is 7.24. The lowest BCUT2D eigenvalue weighted by atomic mass is 9.75. The molecule has 1 aromatic carbocycles. The monoisotopic (exact) mass is 283 g/mol. The van der Waals surface area contributed by atoms with Gasteiger partial charge in [0.1, 0.15) is 5.82 Å².